The average molecular weight is 136 g/mol. The van der Waals surface area contributed by atoms with Gasteiger partial charge in [0.1, 0.15) is 0 Å². The predicted octanol–water partition coefficient (Wildman–Crippen LogP) is -1.22. The molecule has 0 rings (SSSR count). The Hall–Kier alpha value is -0.160. The predicted molar refractivity (Wildman–Crippen MR) is 30.3 cm³/mol. The van der Waals surface area contributed by atoms with E-state index in [-0.39, 0.29) is 6.42 Å². The minimum absolute atomic E-state index is 0.0370. The molecule has 4 nitrogen and oxygen atoms in total. The normalized spacial score (nSPS) is 12.7. The molecule has 0 aromatic heterocycles. The first-order chi connectivity index (χ1) is 4.00. The molecule has 0 radical (unpaired) electrons. The van der Waals surface area contributed by atoms with Gasteiger partial charge >= 0.3 is 0 Å². The van der Waals surface area contributed by atoms with Crippen LogP contribution in [-0.4, -0.2) is 32.5 Å². The molecule has 56 valence electrons. The van der Waals surface area contributed by atoms with Crippen LogP contribution in [0.3, 0.4) is 0 Å². The molecule has 0 amide bonds. The Kier molecular flexibility index (Phi) is 3.07. The highest BCUT2D eigenvalue weighted by Gasteiger charge is 2.29. The summed E-state index contributed by atoms with van der Waals surface area (Å²) in [6, 6.07) is 0. The minimum Gasteiger partial charge on any atom is -0.364 e. The van der Waals surface area contributed by atoms with E-state index in [1.165, 1.54) is 0 Å². The standard InChI is InChI=1S/C5H12O4/c1-2-3-5(8,9)4(6)7/h4,6-9H,2-3H2,1H3. The minimum atomic E-state index is -2.34. The van der Waals surface area contributed by atoms with E-state index >= 15 is 0 Å². The zero-order valence-electron chi connectivity index (χ0n) is 5.28. The molecule has 0 heterocycles. The molecule has 0 atom stereocenters. The quantitative estimate of drug-likeness (QED) is 0.366. The van der Waals surface area contributed by atoms with Crippen molar-refractivity contribution in [1.29, 1.82) is 0 Å². The summed E-state index contributed by atoms with van der Waals surface area (Å²) in [4.78, 5) is 0. The van der Waals surface area contributed by atoms with Crippen molar-refractivity contribution in [1.82, 2.24) is 0 Å². The first kappa shape index (κ1) is 8.84. The van der Waals surface area contributed by atoms with Crippen molar-refractivity contribution in [3.63, 3.8) is 0 Å². The molecule has 0 saturated carbocycles. The molecule has 0 aliphatic rings. The van der Waals surface area contributed by atoms with Crippen LogP contribution in [0.15, 0.2) is 0 Å². The van der Waals surface area contributed by atoms with Crippen molar-refractivity contribution in [2.24, 2.45) is 0 Å². The van der Waals surface area contributed by atoms with Gasteiger partial charge in [-0.1, -0.05) is 13.3 Å². The summed E-state index contributed by atoms with van der Waals surface area (Å²) in [5.74, 6) is -2.34. The summed E-state index contributed by atoms with van der Waals surface area (Å²) in [6.07, 6.45) is -1.62. The van der Waals surface area contributed by atoms with Gasteiger partial charge in [-0.15, -0.1) is 0 Å². The van der Waals surface area contributed by atoms with Gasteiger partial charge < -0.3 is 20.4 Å². The maximum Gasteiger partial charge on any atom is 0.215 e. The summed E-state index contributed by atoms with van der Waals surface area (Å²) >= 11 is 0. The van der Waals surface area contributed by atoms with Crippen LogP contribution in [0.4, 0.5) is 0 Å². The highest BCUT2D eigenvalue weighted by Crippen LogP contribution is 2.11. The highest BCUT2D eigenvalue weighted by atomic mass is 16.6. The zero-order chi connectivity index (χ0) is 7.49. The monoisotopic (exact) mass is 136 g/mol. The van der Waals surface area contributed by atoms with E-state index < -0.39 is 12.1 Å². The van der Waals surface area contributed by atoms with Crippen molar-refractivity contribution < 1.29 is 20.4 Å². The summed E-state index contributed by atoms with van der Waals surface area (Å²) in [5.41, 5.74) is 0. The van der Waals surface area contributed by atoms with Gasteiger partial charge in [0.25, 0.3) is 0 Å². The number of hydrogen-bond acceptors (Lipinski definition) is 4. The molecule has 0 bridgehead atoms. The molecule has 9 heavy (non-hydrogen) atoms. The van der Waals surface area contributed by atoms with Gasteiger partial charge in [-0.2, -0.15) is 0 Å². The van der Waals surface area contributed by atoms with Gasteiger partial charge in [0, 0.05) is 6.42 Å². The SMILES string of the molecule is CCCC(O)(O)C(O)O. The van der Waals surface area contributed by atoms with Gasteiger partial charge in [-0.25, -0.2) is 0 Å². The van der Waals surface area contributed by atoms with E-state index in [1.54, 1.807) is 6.92 Å². The van der Waals surface area contributed by atoms with Crippen LogP contribution in [-0.2, 0) is 0 Å². The lowest BCUT2D eigenvalue weighted by molar-refractivity contribution is -0.291. The third-order valence-corrected chi connectivity index (χ3v) is 1.03. The fourth-order valence-electron chi connectivity index (χ4n) is 0.497. The van der Waals surface area contributed by atoms with Crippen molar-refractivity contribution in [2.45, 2.75) is 31.8 Å². The van der Waals surface area contributed by atoms with Crippen molar-refractivity contribution >= 4 is 0 Å². The smallest absolute Gasteiger partial charge is 0.215 e. The lowest BCUT2D eigenvalue weighted by atomic mass is 10.1. The Morgan fingerprint density at radius 3 is 1.89 bits per heavy atom. The van der Waals surface area contributed by atoms with E-state index in [9.17, 15) is 0 Å². The number of aliphatic hydroxyl groups excluding tert-OH is 1. The summed E-state index contributed by atoms with van der Waals surface area (Å²) < 4.78 is 0. The van der Waals surface area contributed by atoms with Crippen LogP contribution >= 0.6 is 0 Å². The maximum atomic E-state index is 8.65. The van der Waals surface area contributed by atoms with Crippen LogP contribution in [0.2, 0.25) is 0 Å². The molecule has 0 unspecified atom stereocenters. The Morgan fingerprint density at radius 1 is 1.33 bits per heavy atom. The van der Waals surface area contributed by atoms with Crippen LogP contribution in [0.1, 0.15) is 19.8 Å². The fourth-order valence-corrected chi connectivity index (χ4v) is 0.497. The first-order valence-corrected chi connectivity index (χ1v) is 2.81. The molecular weight excluding hydrogens is 124 g/mol. The van der Waals surface area contributed by atoms with E-state index in [2.05, 4.69) is 0 Å². The van der Waals surface area contributed by atoms with Gasteiger partial charge in [0.2, 0.25) is 12.1 Å². The lowest BCUT2D eigenvalue weighted by Crippen LogP contribution is -2.41. The lowest BCUT2D eigenvalue weighted by Gasteiger charge is -2.22. The fraction of sp³-hybridized carbons (Fsp3) is 1.00. The van der Waals surface area contributed by atoms with Crippen molar-refractivity contribution in [3.05, 3.63) is 0 Å². The summed E-state index contributed by atoms with van der Waals surface area (Å²) in [5, 5.41) is 33.8. The van der Waals surface area contributed by atoms with E-state index in [1.807, 2.05) is 0 Å². The molecule has 4 N–H and O–H groups in total. The van der Waals surface area contributed by atoms with Crippen LogP contribution in [0.5, 0.6) is 0 Å². The molecule has 0 saturated heterocycles. The van der Waals surface area contributed by atoms with E-state index in [0.717, 1.165) is 0 Å². The molecule has 0 fully saturated rings. The average Bonchev–Trinajstić information content (AvgIpc) is 1.65. The van der Waals surface area contributed by atoms with Gasteiger partial charge in [-0.05, 0) is 0 Å². The second kappa shape index (κ2) is 3.12. The summed E-state index contributed by atoms with van der Waals surface area (Å²) in [6.45, 7) is 1.71. The molecule has 0 aromatic carbocycles. The second-order valence-corrected chi connectivity index (χ2v) is 2.00. The second-order valence-electron chi connectivity index (χ2n) is 2.00. The molecule has 0 aromatic rings. The topological polar surface area (TPSA) is 80.9 Å². The third kappa shape index (κ3) is 2.76. The Balaban J connectivity index is 3.70. The zero-order valence-corrected chi connectivity index (χ0v) is 5.28. The third-order valence-electron chi connectivity index (χ3n) is 1.03. The van der Waals surface area contributed by atoms with E-state index in [4.69, 9.17) is 20.4 Å². The van der Waals surface area contributed by atoms with Crippen LogP contribution < -0.4 is 0 Å². The largest absolute Gasteiger partial charge is 0.364 e. The number of hydrogen-bond donors (Lipinski definition) is 4. The summed E-state index contributed by atoms with van der Waals surface area (Å²) in [7, 11) is 0. The molecule has 0 spiro atoms. The Labute approximate surface area is 53.4 Å². The van der Waals surface area contributed by atoms with Gasteiger partial charge in [0.05, 0.1) is 0 Å². The van der Waals surface area contributed by atoms with Gasteiger partial charge in [-0.3, -0.25) is 0 Å². The molecular formula is C5H12O4. The van der Waals surface area contributed by atoms with Gasteiger partial charge in [0.15, 0.2) is 0 Å². The highest BCUT2D eigenvalue weighted by molar-refractivity contribution is 4.64. The Bertz CT molecular complexity index is 79.0. The van der Waals surface area contributed by atoms with Crippen molar-refractivity contribution in [3.8, 4) is 0 Å². The molecule has 4 heteroatoms. The molecule has 0 aliphatic heterocycles. The van der Waals surface area contributed by atoms with Crippen molar-refractivity contribution in [2.75, 3.05) is 0 Å². The number of rotatable bonds is 3. The molecule has 0 aliphatic carbocycles. The van der Waals surface area contributed by atoms with Crippen LogP contribution in [0, 0.1) is 0 Å². The Morgan fingerprint density at radius 2 is 1.78 bits per heavy atom. The van der Waals surface area contributed by atoms with E-state index in [0.29, 0.717) is 6.42 Å². The maximum absolute atomic E-state index is 8.65. The number of aliphatic hydroxyl groups is 4. The first-order valence-electron chi connectivity index (χ1n) is 2.81. The van der Waals surface area contributed by atoms with Crippen LogP contribution in [0.25, 0.3) is 0 Å².